The fraction of sp³-hybridized carbons (Fsp3) is 0. The zero-order valence-corrected chi connectivity index (χ0v) is 13.4. The molecule has 0 atom stereocenters. The third-order valence-corrected chi connectivity index (χ3v) is 4.16. The number of fused-ring (bicyclic) bond motifs is 1. The second kappa shape index (κ2) is 6.07. The van der Waals surface area contributed by atoms with E-state index in [1.807, 2.05) is 0 Å². The number of rotatable bonds is 3. The van der Waals surface area contributed by atoms with Gasteiger partial charge in [0, 0.05) is 17.3 Å². The highest BCUT2D eigenvalue weighted by molar-refractivity contribution is 5.92. The maximum atomic E-state index is 14.1. The van der Waals surface area contributed by atoms with E-state index in [-0.39, 0.29) is 11.1 Å². The molecule has 0 bridgehead atoms. The smallest absolute Gasteiger partial charge is 0.335 e. The van der Waals surface area contributed by atoms with Crippen LogP contribution in [0.1, 0.15) is 10.4 Å². The number of hydrogen-bond donors (Lipinski definition) is 1. The van der Waals surface area contributed by atoms with Gasteiger partial charge in [-0.05, 0) is 48.0 Å². The van der Waals surface area contributed by atoms with Crippen LogP contribution in [0.15, 0.2) is 67.0 Å². The van der Waals surface area contributed by atoms with Crippen LogP contribution in [0, 0.1) is 11.6 Å². The number of imidazole rings is 1. The summed E-state index contributed by atoms with van der Waals surface area (Å²) in [6.07, 6.45) is 1.58. The summed E-state index contributed by atoms with van der Waals surface area (Å²) in [7, 11) is 0. The predicted molar refractivity (Wildman–Crippen MR) is 93.4 cm³/mol. The fourth-order valence-corrected chi connectivity index (χ4v) is 2.89. The SMILES string of the molecule is O=C(O)c1ccc2ncn(-c3cccc(-c4ccc(F)cc4F)c3)c2c1. The van der Waals surface area contributed by atoms with Crippen molar-refractivity contribution >= 4 is 17.0 Å². The van der Waals surface area contributed by atoms with Gasteiger partial charge in [-0.1, -0.05) is 12.1 Å². The molecule has 26 heavy (non-hydrogen) atoms. The van der Waals surface area contributed by atoms with Gasteiger partial charge in [0.05, 0.1) is 16.6 Å². The van der Waals surface area contributed by atoms with E-state index in [9.17, 15) is 18.7 Å². The average molecular weight is 350 g/mol. The van der Waals surface area contributed by atoms with Crippen LogP contribution in [0.2, 0.25) is 0 Å². The van der Waals surface area contributed by atoms with Gasteiger partial charge in [0.15, 0.2) is 0 Å². The van der Waals surface area contributed by atoms with Crippen LogP contribution in [0.4, 0.5) is 8.78 Å². The highest BCUT2D eigenvalue weighted by Crippen LogP contribution is 2.27. The molecule has 0 unspecified atom stereocenters. The lowest BCUT2D eigenvalue weighted by Crippen LogP contribution is -1.98. The molecule has 1 N–H and O–H groups in total. The van der Waals surface area contributed by atoms with Crippen LogP contribution in [0.5, 0.6) is 0 Å². The second-order valence-corrected chi connectivity index (χ2v) is 5.80. The quantitative estimate of drug-likeness (QED) is 0.584. The summed E-state index contributed by atoms with van der Waals surface area (Å²) in [6.45, 7) is 0. The molecule has 0 saturated heterocycles. The van der Waals surface area contributed by atoms with E-state index < -0.39 is 17.6 Å². The van der Waals surface area contributed by atoms with E-state index in [4.69, 9.17) is 0 Å². The second-order valence-electron chi connectivity index (χ2n) is 5.80. The normalized spacial score (nSPS) is 11.0. The Morgan fingerprint density at radius 2 is 1.85 bits per heavy atom. The van der Waals surface area contributed by atoms with Crippen molar-refractivity contribution in [2.24, 2.45) is 0 Å². The van der Waals surface area contributed by atoms with Crippen molar-refractivity contribution < 1.29 is 18.7 Å². The van der Waals surface area contributed by atoms with Gasteiger partial charge >= 0.3 is 5.97 Å². The highest BCUT2D eigenvalue weighted by atomic mass is 19.1. The van der Waals surface area contributed by atoms with Crippen molar-refractivity contribution in [2.75, 3.05) is 0 Å². The van der Waals surface area contributed by atoms with Crippen molar-refractivity contribution in [3.05, 3.63) is 84.2 Å². The number of hydrogen-bond acceptors (Lipinski definition) is 2. The van der Waals surface area contributed by atoms with Gasteiger partial charge in [0.2, 0.25) is 0 Å². The summed E-state index contributed by atoms with van der Waals surface area (Å²) in [6, 6.07) is 15.1. The van der Waals surface area contributed by atoms with Crippen molar-refractivity contribution in [1.29, 1.82) is 0 Å². The largest absolute Gasteiger partial charge is 0.478 e. The van der Waals surface area contributed by atoms with Crippen molar-refractivity contribution in [3.8, 4) is 16.8 Å². The van der Waals surface area contributed by atoms with Gasteiger partial charge in [-0.25, -0.2) is 18.6 Å². The summed E-state index contributed by atoms with van der Waals surface area (Å²) in [4.78, 5) is 15.5. The Kier molecular flexibility index (Phi) is 3.73. The molecule has 0 aliphatic carbocycles. The van der Waals surface area contributed by atoms with Crippen LogP contribution in [-0.4, -0.2) is 20.6 Å². The van der Waals surface area contributed by atoms with Gasteiger partial charge in [-0.15, -0.1) is 0 Å². The Morgan fingerprint density at radius 1 is 1.00 bits per heavy atom. The molecular weight excluding hydrogens is 338 g/mol. The molecule has 6 heteroatoms. The molecule has 1 aromatic heterocycles. The maximum absolute atomic E-state index is 14.1. The van der Waals surface area contributed by atoms with Gasteiger partial charge < -0.3 is 5.11 Å². The van der Waals surface area contributed by atoms with Crippen LogP contribution in [0.3, 0.4) is 0 Å². The molecule has 4 rings (SSSR count). The van der Waals surface area contributed by atoms with Gasteiger partial charge in [-0.3, -0.25) is 4.57 Å². The number of aromatic carboxylic acids is 1. The third-order valence-electron chi connectivity index (χ3n) is 4.16. The van der Waals surface area contributed by atoms with E-state index in [0.717, 1.165) is 6.07 Å². The molecule has 4 aromatic rings. The van der Waals surface area contributed by atoms with Crippen LogP contribution in [-0.2, 0) is 0 Å². The molecule has 0 fully saturated rings. The Bertz CT molecular complexity index is 1150. The summed E-state index contributed by atoms with van der Waals surface area (Å²) in [5.41, 5.74) is 2.98. The first-order valence-electron chi connectivity index (χ1n) is 7.79. The number of carboxylic acids is 1. The zero-order valence-electron chi connectivity index (χ0n) is 13.4. The van der Waals surface area contributed by atoms with E-state index in [1.165, 1.54) is 24.3 Å². The Hall–Kier alpha value is -3.54. The molecule has 0 spiro atoms. The molecule has 0 aliphatic heterocycles. The lowest BCUT2D eigenvalue weighted by molar-refractivity contribution is 0.0697. The van der Waals surface area contributed by atoms with E-state index in [2.05, 4.69) is 4.98 Å². The molecule has 0 amide bonds. The minimum absolute atomic E-state index is 0.153. The first-order chi connectivity index (χ1) is 12.5. The molecule has 0 saturated carbocycles. The Labute approximate surface area is 147 Å². The Balaban J connectivity index is 1.85. The van der Waals surface area contributed by atoms with Crippen molar-refractivity contribution in [3.63, 3.8) is 0 Å². The summed E-state index contributed by atoms with van der Waals surface area (Å²) < 4.78 is 29.0. The van der Waals surface area contributed by atoms with Gasteiger partial charge in [0.1, 0.15) is 18.0 Å². The lowest BCUT2D eigenvalue weighted by atomic mass is 10.0. The van der Waals surface area contributed by atoms with E-state index >= 15 is 0 Å². The van der Waals surface area contributed by atoms with Crippen molar-refractivity contribution in [2.45, 2.75) is 0 Å². The molecule has 4 nitrogen and oxygen atoms in total. The minimum atomic E-state index is -1.03. The predicted octanol–water partition coefficient (Wildman–Crippen LogP) is 4.67. The number of carboxylic acid groups (broad SMARTS) is 1. The first-order valence-corrected chi connectivity index (χ1v) is 7.79. The highest BCUT2D eigenvalue weighted by Gasteiger charge is 2.11. The topological polar surface area (TPSA) is 55.1 Å². The number of carbonyl (C=O) groups is 1. The third kappa shape index (κ3) is 2.71. The summed E-state index contributed by atoms with van der Waals surface area (Å²) in [5.74, 6) is -2.31. The van der Waals surface area contributed by atoms with Crippen LogP contribution in [0.25, 0.3) is 27.8 Å². The molecule has 1 heterocycles. The molecule has 128 valence electrons. The van der Waals surface area contributed by atoms with Gasteiger partial charge in [0.25, 0.3) is 0 Å². The van der Waals surface area contributed by atoms with E-state index in [0.29, 0.717) is 22.3 Å². The maximum Gasteiger partial charge on any atom is 0.335 e. The van der Waals surface area contributed by atoms with Gasteiger partial charge in [-0.2, -0.15) is 0 Å². The fourth-order valence-electron chi connectivity index (χ4n) is 2.89. The van der Waals surface area contributed by atoms with Crippen molar-refractivity contribution in [1.82, 2.24) is 9.55 Å². The zero-order chi connectivity index (χ0) is 18.3. The molecular formula is C20H12F2N2O2. The monoisotopic (exact) mass is 350 g/mol. The standard InChI is InChI=1S/C20H12F2N2O2/c21-14-5-6-16(17(22)10-14)12-2-1-3-15(8-12)24-11-23-18-7-4-13(20(25)26)9-19(18)24/h1-11H,(H,25,26). The molecule has 3 aromatic carbocycles. The molecule has 0 radical (unpaired) electrons. The number of aromatic nitrogens is 2. The summed E-state index contributed by atoms with van der Waals surface area (Å²) >= 11 is 0. The first kappa shape index (κ1) is 16.0. The lowest BCUT2D eigenvalue weighted by Gasteiger charge is -2.09. The average Bonchev–Trinajstić information content (AvgIpc) is 3.05. The number of nitrogens with zero attached hydrogens (tertiary/aromatic N) is 2. The summed E-state index contributed by atoms with van der Waals surface area (Å²) in [5, 5.41) is 9.19. The number of halogens is 2. The minimum Gasteiger partial charge on any atom is -0.478 e. The molecule has 0 aliphatic rings. The van der Waals surface area contributed by atoms with Crippen LogP contribution >= 0.6 is 0 Å². The van der Waals surface area contributed by atoms with Crippen LogP contribution < -0.4 is 0 Å². The Morgan fingerprint density at radius 3 is 2.62 bits per heavy atom. The van der Waals surface area contributed by atoms with E-state index in [1.54, 1.807) is 41.2 Å². The number of benzene rings is 3.